The minimum absolute atomic E-state index is 0.142. The molecule has 0 aliphatic rings. The van der Waals surface area contributed by atoms with Crippen LogP contribution in [0.4, 0.5) is 17.3 Å². The summed E-state index contributed by atoms with van der Waals surface area (Å²) in [5, 5.41) is 6.46. The number of hydrogen-bond donors (Lipinski definition) is 3. The monoisotopic (exact) mass is 253 g/mol. The van der Waals surface area contributed by atoms with Crippen LogP contribution in [-0.4, -0.2) is 35.8 Å². The van der Waals surface area contributed by atoms with Crippen molar-refractivity contribution in [1.29, 1.82) is 0 Å². The predicted molar refractivity (Wildman–Crippen MR) is 74.8 cm³/mol. The second-order valence-corrected chi connectivity index (χ2v) is 4.44. The van der Waals surface area contributed by atoms with E-state index in [2.05, 4.69) is 34.4 Å². The van der Waals surface area contributed by atoms with Gasteiger partial charge in [0, 0.05) is 19.2 Å². The first-order valence-corrected chi connectivity index (χ1v) is 6.20. The molecular weight excluding hydrogens is 230 g/mol. The highest BCUT2D eigenvalue weighted by molar-refractivity contribution is 5.74. The van der Waals surface area contributed by atoms with E-state index in [0.717, 1.165) is 6.42 Å². The third-order valence-corrected chi connectivity index (χ3v) is 2.68. The molecule has 0 aliphatic carbocycles. The first-order chi connectivity index (χ1) is 8.58. The summed E-state index contributed by atoms with van der Waals surface area (Å²) < 4.78 is 5.07. The lowest BCUT2D eigenvalue weighted by Crippen LogP contribution is -2.23. The molecule has 0 amide bonds. The molecule has 1 rings (SSSR count). The molecule has 0 bridgehead atoms. The molecule has 0 spiro atoms. The Bertz CT molecular complexity index is 371. The van der Waals surface area contributed by atoms with Gasteiger partial charge in [-0.25, -0.2) is 9.97 Å². The van der Waals surface area contributed by atoms with Gasteiger partial charge in [0.15, 0.2) is 11.6 Å². The highest BCUT2D eigenvalue weighted by atomic mass is 16.5. The molecule has 6 heteroatoms. The summed E-state index contributed by atoms with van der Waals surface area (Å²) in [4.78, 5) is 8.31. The number of hydrogen-bond acceptors (Lipinski definition) is 6. The molecule has 2 unspecified atom stereocenters. The second-order valence-electron chi connectivity index (χ2n) is 4.44. The van der Waals surface area contributed by atoms with Gasteiger partial charge >= 0.3 is 0 Å². The van der Waals surface area contributed by atoms with E-state index in [4.69, 9.17) is 10.5 Å². The van der Waals surface area contributed by atoms with Crippen molar-refractivity contribution in [2.45, 2.75) is 39.3 Å². The fraction of sp³-hybridized carbons (Fsp3) is 0.667. The van der Waals surface area contributed by atoms with Crippen LogP contribution < -0.4 is 16.4 Å². The van der Waals surface area contributed by atoms with Crippen molar-refractivity contribution in [3.05, 3.63) is 6.33 Å². The first-order valence-electron chi connectivity index (χ1n) is 6.20. The maximum absolute atomic E-state index is 6.04. The molecular formula is C12H23N5O. The molecule has 0 saturated heterocycles. The molecule has 4 N–H and O–H groups in total. The van der Waals surface area contributed by atoms with E-state index in [-0.39, 0.29) is 6.04 Å². The van der Waals surface area contributed by atoms with Crippen LogP contribution in [-0.2, 0) is 4.74 Å². The molecule has 1 aromatic heterocycles. The number of ether oxygens (including phenoxy) is 1. The van der Waals surface area contributed by atoms with E-state index in [1.165, 1.54) is 6.33 Å². The van der Waals surface area contributed by atoms with Gasteiger partial charge in [0.05, 0.1) is 6.61 Å². The van der Waals surface area contributed by atoms with Gasteiger partial charge in [-0.1, -0.05) is 6.92 Å². The van der Waals surface area contributed by atoms with Crippen LogP contribution in [0, 0.1) is 0 Å². The number of rotatable bonds is 7. The zero-order chi connectivity index (χ0) is 13.5. The third kappa shape index (κ3) is 4.03. The van der Waals surface area contributed by atoms with Gasteiger partial charge in [0.1, 0.15) is 12.0 Å². The normalized spacial score (nSPS) is 14.0. The average Bonchev–Trinajstić information content (AvgIpc) is 2.34. The second kappa shape index (κ2) is 7.00. The molecule has 0 aromatic carbocycles. The fourth-order valence-corrected chi connectivity index (χ4v) is 1.49. The summed E-state index contributed by atoms with van der Waals surface area (Å²) in [6, 6.07) is 0.468. The summed E-state index contributed by atoms with van der Waals surface area (Å²) in [7, 11) is 1.66. The van der Waals surface area contributed by atoms with Crippen LogP contribution in [0.2, 0.25) is 0 Å². The van der Waals surface area contributed by atoms with E-state index in [1.807, 2.05) is 6.92 Å². The van der Waals surface area contributed by atoms with Gasteiger partial charge in [-0.2, -0.15) is 0 Å². The SMILES string of the molecule is CCC(C)Nc1ncnc(NC(C)COC)c1N. The Morgan fingerprint density at radius 3 is 2.28 bits per heavy atom. The molecule has 2 atom stereocenters. The van der Waals surface area contributed by atoms with Crippen LogP contribution in [0.15, 0.2) is 6.33 Å². The van der Waals surface area contributed by atoms with Gasteiger partial charge in [-0.3, -0.25) is 0 Å². The lowest BCUT2D eigenvalue weighted by atomic mass is 10.2. The Morgan fingerprint density at radius 2 is 1.78 bits per heavy atom. The fourth-order valence-electron chi connectivity index (χ4n) is 1.49. The largest absolute Gasteiger partial charge is 0.393 e. The van der Waals surface area contributed by atoms with Crippen molar-refractivity contribution in [2.75, 3.05) is 30.1 Å². The maximum atomic E-state index is 6.04. The van der Waals surface area contributed by atoms with Crippen LogP contribution in [0.3, 0.4) is 0 Å². The van der Waals surface area contributed by atoms with Crippen LogP contribution in [0.5, 0.6) is 0 Å². The number of nitrogens with two attached hydrogens (primary N) is 1. The smallest absolute Gasteiger partial charge is 0.155 e. The first kappa shape index (κ1) is 14.5. The molecule has 6 nitrogen and oxygen atoms in total. The van der Waals surface area contributed by atoms with Crippen LogP contribution in [0.25, 0.3) is 0 Å². The lowest BCUT2D eigenvalue weighted by Gasteiger charge is -2.18. The van der Waals surface area contributed by atoms with Crippen molar-refractivity contribution in [3.63, 3.8) is 0 Å². The van der Waals surface area contributed by atoms with E-state index in [1.54, 1.807) is 7.11 Å². The lowest BCUT2D eigenvalue weighted by molar-refractivity contribution is 0.190. The molecule has 102 valence electrons. The van der Waals surface area contributed by atoms with E-state index >= 15 is 0 Å². The zero-order valence-corrected chi connectivity index (χ0v) is 11.5. The third-order valence-electron chi connectivity index (χ3n) is 2.68. The Labute approximate surface area is 108 Å². The highest BCUT2D eigenvalue weighted by Crippen LogP contribution is 2.23. The van der Waals surface area contributed by atoms with Gasteiger partial charge in [-0.15, -0.1) is 0 Å². The standard InChI is InChI=1S/C12H23N5O/c1-5-8(2)16-11-10(13)12(15-7-14-11)17-9(3)6-18-4/h7-9H,5-6,13H2,1-4H3,(H2,14,15,16,17). The Morgan fingerprint density at radius 1 is 1.22 bits per heavy atom. The number of anilines is 3. The minimum Gasteiger partial charge on any atom is -0.393 e. The molecule has 0 fully saturated rings. The van der Waals surface area contributed by atoms with Crippen molar-refractivity contribution in [3.8, 4) is 0 Å². The molecule has 1 aromatic rings. The van der Waals surface area contributed by atoms with Crippen molar-refractivity contribution in [1.82, 2.24) is 9.97 Å². The van der Waals surface area contributed by atoms with E-state index < -0.39 is 0 Å². The number of aromatic nitrogens is 2. The van der Waals surface area contributed by atoms with Crippen LogP contribution in [0.1, 0.15) is 27.2 Å². The Kier molecular flexibility index (Phi) is 5.64. The summed E-state index contributed by atoms with van der Waals surface area (Å²) >= 11 is 0. The topological polar surface area (TPSA) is 85.1 Å². The number of nitrogen functional groups attached to an aromatic ring is 1. The molecule has 18 heavy (non-hydrogen) atoms. The van der Waals surface area contributed by atoms with Crippen molar-refractivity contribution < 1.29 is 4.74 Å². The molecule has 1 heterocycles. The number of nitrogens with one attached hydrogen (secondary N) is 2. The van der Waals surface area contributed by atoms with Crippen LogP contribution >= 0.6 is 0 Å². The minimum atomic E-state index is 0.142. The van der Waals surface area contributed by atoms with Gasteiger partial charge < -0.3 is 21.1 Å². The number of nitrogens with zero attached hydrogens (tertiary/aromatic N) is 2. The summed E-state index contributed by atoms with van der Waals surface area (Å²) in [5.41, 5.74) is 6.58. The van der Waals surface area contributed by atoms with E-state index in [9.17, 15) is 0 Å². The zero-order valence-electron chi connectivity index (χ0n) is 11.5. The predicted octanol–water partition coefficient (Wildman–Crippen LogP) is 1.72. The summed E-state index contributed by atoms with van der Waals surface area (Å²) in [6.45, 7) is 6.79. The maximum Gasteiger partial charge on any atom is 0.155 e. The number of methoxy groups -OCH3 is 1. The van der Waals surface area contributed by atoms with Crippen molar-refractivity contribution >= 4 is 17.3 Å². The highest BCUT2D eigenvalue weighted by Gasteiger charge is 2.11. The van der Waals surface area contributed by atoms with Crippen molar-refractivity contribution in [2.24, 2.45) is 0 Å². The Balaban J connectivity index is 2.78. The quantitative estimate of drug-likeness (QED) is 0.686. The van der Waals surface area contributed by atoms with Gasteiger partial charge in [0.2, 0.25) is 0 Å². The average molecular weight is 253 g/mol. The molecule has 0 aliphatic heterocycles. The van der Waals surface area contributed by atoms with E-state index in [0.29, 0.717) is 30.0 Å². The Hall–Kier alpha value is -1.56. The van der Waals surface area contributed by atoms with Gasteiger partial charge in [-0.05, 0) is 20.3 Å². The summed E-state index contributed by atoms with van der Waals surface area (Å²) in [5.74, 6) is 1.31. The molecule has 0 radical (unpaired) electrons. The van der Waals surface area contributed by atoms with Gasteiger partial charge in [0.25, 0.3) is 0 Å². The molecule has 0 saturated carbocycles. The summed E-state index contributed by atoms with van der Waals surface area (Å²) in [6.07, 6.45) is 2.51.